The van der Waals surface area contributed by atoms with Crippen molar-refractivity contribution < 1.29 is 4.74 Å². The Morgan fingerprint density at radius 1 is 1.25 bits per heavy atom. The van der Waals surface area contributed by atoms with Crippen molar-refractivity contribution in [2.24, 2.45) is 0 Å². The van der Waals surface area contributed by atoms with Crippen LogP contribution in [0.1, 0.15) is 0 Å². The molecule has 0 aliphatic carbocycles. The molecular weight excluding hydrogens is 293 g/mol. The number of pyridine rings is 2. The van der Waals surface area contributed by atoms with Crippen molar-refractivity contribution in [2.75, 3.05) is 5.73 Å². The summed E-state index contributed by atoms with van der Waals surface area (Å²) in [5, 5.41) is 0.470. The molecule has 0 fully saturated rings. The van der Waals surface area contributed by atoms with E-state index in [1.807, 2.05) is 0 Å². The highest BCUT2D eigenvalue weighted by molar-refractivity contribution is 9.10. The van der Waals surface area contributed by atoms with Gasteiger partial charge in [-0.05, 0) is 28.1 Å². The maximum atomic E-state index is 5.73. The summed E-state index contributed by atoms with van der Waals surface area (Å²) >= 11 is 9.02. The highest BCUT2D eigenvalue weighted by Crippen LogP contribution is 2.27. The van der Waals surface area contributed by atoms with E-state index in [4.69, 9.17) is 22.1 Å². The maximum Gasteiger partial charge on any atom is 0.242 e. The number of ether oxygens (including phenoxy) is 1. The van der Waals surface area contributed by atoms with Crippen LogP contribution in [0.2, 0.25) is 5.02 Å². The number of rotatable bonds is 2. The SMILES string of the molecule is Nc1cc(Cl)cnc1Oc1cncc(Br)c1. The number of hydrogen-bond acceptors (Lipinski definition) is 4. The predicted molar refractivity (Wildman–Crippen MR) is 65.7 cm³/mol. The number of hydrogen-bond donors (Lipinski definition) is 1. The molecule has 2 heterocycles. The third-order valence-corrected chi connectivity index (χ3v) is 2.38. The summed E-state index contributed by atoms with van der Waals surface area (Å²) < 4.78 is 6.27. The summed E-state index contributed by atoms with van der Waals surface area (Å²) in [6.45, 7) is 0. The Bertz CT molecular complexity index is 521. The summed E-state index contributed by atoms with van der Waals surface area (Å²) in [5.41, 5.74) is 6.09. The lowest BCUT2D eigenvalue weighted by molar-refractivity contribution is 0.463. The largest absolute Gasteiger partial charge is 0.435 e. The molecular formula is C10H7BrClN3O. The number of nitrogens with zero attached hydrogens (tertiary/aromatic N) is 2. The molecule has 0 unspecified atom stereocenters. The summed E-state index contributed by atoms with van der Waals surface area (Å²) in [6, 6.07) is 3.35. The van der Waals surface area contributed by atoms with Crippen LogP contribution in [-0.2, 0) is 0 Å². The van der Waals surface area contributed by atoms with Gasteiger partial charge in [0.2, 0.25) is 5.88 Å². The Morgan fingerprint density at radius 2 is 2.06 bits per heavy atom. The molecule has 0 spiro atoms. The van der Waals surface area contributed by atoms with Crippen molar-refractivity contribution in [1.82, 2.24) is 9.97 Å². The molecule has 2 aromatic heterocycles. The first-order valence-electron chi connectivity index (χ1n) is 4.34. The van der Waals surface area contributed by atoms with Gasteiger partial charge in [0.25, 0.3) is 0 Å². The second-order valence-electron chi connectivity index (χ2n) is 2.99. The number of anilines is 1. The molecule has 0 bridgehead atoms. The third kappa shape index (κ3) is 2.62. The van der Waals surface area contributed by atoms with E-state index in [1.165, 1.54) is 6.20 Å². The van der Waals surface area contributed by atoms with Crippen LogP contribution in [0.25, 0.3) is 0 Å². The van der Waals surface area contributed by atoms with E-state index in [-0.39, 0.29) is 0 Å². The smallest absolute Gasteiger partial charge is 0.242 e. The van der Waals surface area contributed by atoms with E-state index >= 15 is 0 Å². The number of nitrogen functional groups attached to an aromatic ring is 1. The van der Waals surface area contributed by atoms with Gasteiger partial charge in [0.05, 0.1) is 16.9 Å². The number of aromatic nitrogens is 2. The van der Waals surface area contributed by atoms with E-state index < -0.39 is 0 Å². The lowest BCUT2D eigenvalue weighted by Gasteiger charge is -2.06. The molecule has 0 aliphatic rings. The van der Waals surface area contributed by atoms with Gasteiger partial charge in [0, 0.05) is 16.9 Å². The van der Waals surface area contributed by atoms with E-state index in [1.54, 1.807) is 24.5 Å². The zero-order valence-electron chi connectivity index (χ0n) is 8.02. The standard InChI is InChI=1S/C10H7BrClN3O/c11-6-1-8(5-14-3-6)16-10-9(13)2-7(12)4-15-10/h1-5H,13H2. The van der Waals surface area contributed by atoms with Crippen LogP contribution in [0.15, 0.2) is 35.2 Å². The Labute approximate surface area is 106 Å². The topological polar surface area (TPSA) is 61.0 Å². The Kier molecular flexibility index (Phi) is 3.26. The fourth-order valence-electron chi connectivity index (χ4n) is 1.09. The van der Waals surface area contributed by atoms with E-state index in [0.717, 1.165) is 4.47 Å². The van der Waals surface area contributed by atoms with Crippen LogP contribution in [0.5, 0.6) is 11.6 Å². The first kappa shape index (κ1) is 11.2. The lowest BCUT2D eigenvalue weighted by atomic mass is 10.4. The average molecular weight is 301 g/mol. The third-order valence-electron chi connectivity index (χ3n) is 1.74. The first-order valence-corrected chi connectivity index (χ1v) is 5.51. The molecule has 0 aromatic carbocycles. The second kappa shape index (κ2) is 4.67. The van der Waals surface area contributed by atoms with E-state index in [2.05, 4.69) is 25.9 Å². The molecule has 82 valence electrons. The van der Waals surface area contributed by atoms with Crippen molar-refractivity contribution in [1.29, 1.82) is 0 Å². The second-order valence-corrected chi connectivity index (χ2v) is 4.34. The molecule has 0 amide bonds. The minimum absolute atomic E-state index is 0.310. The average Bonchev–Trinajstić information content (AvgIpc) is 2.22. The van der Waals surface area contributed by atoms with Gasteiger partial charge in [-0.1, -0.05) is 11.6 Å². The number of nitrogens with two attached hydrogens (primary N) is 1. The van der Waals surface area contributed by atoms with Gasteiger partial charge < -0.3 is 10.5 Å². The van der Waals surface area contributed by atoms with Crippen molar-refractivity contribution in [3.63, 3.8) is 0 Å². The van der Waals surface area contributed by atoms with Crippen LogP contribution in [0.4, 0.5) is 5.69 Å². The summed E-state index contributed by atoms with van der Waals surface area (Å²) in [6.07, 6.45) is 4.70. The van der Waals surface area contributed by atoms with Crippen LogP contribution in [0.3, 0.4) is 0 Å². The highest BCUT2D eigenvalue weighted by atomic mass is 79.9. The fourth-order valence-corrected chi connectivity index (χ4v) is 1.60. The van der Waals surface area contributed by atoms with Crippen molar-refractivity contribution in [2.45, 2.75) is 0 Å². The van der Waals surface area contributed by atoms with Gasteiger partial charge in [-0.15, -0.1) is 0 Å². The molecule has 6 heteroatoms. The Morgan fingerprint density at radius 3 is 2.75 bits per heavy atom. The minimum Gasteiger partial charge on any atom is -0.435 e. The van der Waals surface area contributed by atoms with Crippen LogP contribution < -0.4 is 10.5 Å². The van der Waals surface area contributed by atoms with Crippen LogP contribution in [0, 0.1) is 0 Å². The van der Waals surface area contributed by atoms with Crippen molar-refractivity contribution >= 4 is 33.2 Å². The van der Waals surface area contributed by atoms with Crippen molar-refractivity contribution in [3.8, 4) is 11.6 Å². The normalized spacial score (nSPS) is 10.1. The highest BCUT2D eigenvalue weighted by Gasteiger charge is 2.05. The molecule has 2 N–H and O–H groups in total. The Balaban J connectivity index is 2.27. The summed E-state index contributed by atoms with van der Waals surface area (Å²) in [7, 11) is 0. The Hall–Kier alpha value is -1.33. The zero-order chi connectivity index (χ0) is 11.5. The van der Waals surface area contributed by atoms with Crippen LogP contribution in [-0.4, -0.2) is 9.97 Å². The zero-order valence-corrected chi connectivity index (χ0v) is 10.4. The predicted octanol–water partition coefficient (Wildman–Crippen LogP) is 3.27. The molecule has 0 atom stereocenters. The summed E-state index contributed by atoms with van der Waals surface area (Å²) in [5.74, 6) is 0.861. The van der Waals surface area contributed by atoms with Gasteiger partial charge >= 0.3 is 0 Å². The molecule has 0 saturated carbocycles. The maximum absolute atomic E-state index is 5.73. The van der Waals surface area contributed by atoms with Gasteiger partial charge in [-0.2, -0.15) is 0 Å². The summed E-state index contributed by atoms with van der Waals surface area (Å²) in [4.78, 5) is 7.94. The molecule has 16 heavy (non-hydrogen) atoms. The van der Waals surface area contributed by atoms with E-state index in [9.17, 15) is 0 Å². The number of halogens is 2. The van der Waals surface area contributed by atoms with Crippen LogP contribution >= 0.6 is 27.5 Å². The van der Waals surface area contributed by atoms with Gasteiger partial charge in [0.15, 0.2) is 0 Å². The van der Waals surface area contributed by atoms with E-state index in [0.29, 0.717) is 22.3 Å². The quantitative estimate of drug-likeness (QED) is 0.924. The van der Waals surface area contributed by atoms with Gasteiger partial charge in [-0.3, -0.25) is 4.98 Å². The molecule has 4 nitrogen and oxygen atoms in total. The molecule has 0 saturated heterocycles. The van der Waals surface area contributed by atoms with Gasteiger partial charge in [-0.25, -0.2) is 4.98 Å². The molecule has 2 rings (SSSR count). The minimum atomic E-state index is 0.310. The lowest BCUT2D eigenvalue weighted by Crippen LogP contribution is -1.95. The molecule has 0 radical (unpaired) electrons. The molecule has 0 aliphatic heterocycles. The molecule has 2 aromatic rings. The van der Waals surface area contributed by atoms with Gasteiger partial charge in [0.1, 0.15) is 5.75 Å². The van der Waals surface area contributed by atoms with Crippen molar-refractivity contribution in [3.05, 3.63) is 40.2 Å². The first-order chi connectivity index (χ1) is 7.65. The monoisotopic (exact) mass is 299 g/mol. The fraction of sp³-hybridized carbons (Fsp3) is 0.